The number of anilines is 1. The topological polar surface area (TPSA) is 55.1 Å². The van der Waals surface area contributed by atoms with Crippen LogP contribution in [0.1, 0.15) is 9.67 Å². The molecule has 1 aromatic heterocycles. The Bertz CT molecular complexity index is 638. The maximum Gasteiger partial charge on any atom is 0.263 e. The quantitative estimate of drug-likeness (QED) is 0.889. The average Bonchev–Trinajstić information content (AvgIpc) is 2.63. The molecule has 0 fully saturated rings. The highest BCUT2D eigenvalue weighted by Gasteiger charge is 2.16. The third kappa shape index (κ3) is 2.68. The molecule has 0 aliphatic carbocycles. The lowest BCUT2D eigenvalue weighted by Crippen LogP contribution is -2.24. The molecule has 0 unspecified atom stereocenters. The summed E-state index contributed by atoms with van der Waals surface area (Å²) in [4.78, 5) is 12.4. The fourth-order valence-electron chi connectivity index (χ4n) is 1.52. The summed E-state index contributed by atoms with van der Waals surface area (Å²) in [5.41, 5.74) is 6.46. The zero-order valence-electron chi connectivity index (χ0n) is 9.30. The van der Waals surface area contributed by atoms with Crippen molar-refractivity contribution in [1.29, 1.82) is 0 Å². The number of benzene rings is 1. The van der Waals surface area contributed by atoms with Crippen LogP contribution in [0.15, 0.2) is 29.3 Å². The van der Waals surface area contributed by atoms with Crippen molar-refractivity contribution in [2.24, 2.45) is 0 Å². The van der Waals surface area contributed by atoms with Crippen LogP contribution in [0.25, 0.3) is 10.1 Å². The van der Waals surface area contributed by atoms with E-state index in [-0.39, 0.29) is 5.91 Å². The van der Waals surface area contributed by atoms with Crippen molar-refractivity contribution in [1.82, 2.24) is 5.32 Å². The maximum atomic E-state index is 11.9. The highest BCUT2D eigenvalue weighted by atomic mass is 79.9. The van der Waals surface area contributed by atoms with Gasteiger partial charge in [-0.1, -0.05) is 34.1 Å². The van der Waals surface area contributed by atoms with E-state index in [2.05, 4.69) is 27.8 Å². The molecule has 0 saturated carbocycles. The zero-order valence-corrected chi connectivity index (χ0v) is 12.5. The largest absolute Gasteiger partial charge is 0.397 e. The molecule has 6 heteroatoms. The monoisotopic (exact) mass is 344 g/mol. The fraction of sp³-hybridized carbons (Fsp3) is 0.0833. The van der Waals surface area contributed by atoms with Crippen molar-refractivity contribution in [3.8, 4) is 0 Å². The Labute approximate surface area is 122 Å². The molecule has 0 radical (unpaired) electrons. The molecule has 2 rings (SSSR count). The van der Waals surface area contributed by atoms with Crippen LogP contribution in [0.5, 0.6) is 0 Å². The molecule has 18 heavy (non-hydrogen) atoms. The molecule has 0 bridgehead atoms. The first kappa shape index (κ1) is 13.4. The minimum atomic E-state index is -0.203. The van der Waals surface area contributed by atoms with E-state index in [1.165, 1.54) is 11.3 Å². The van der Waals surface area contributed by atoms with Crippen molar-refractivity contribution < 1.29 is 4.79 Å². The van der Waals surface area contributed by atoms with Crippen LogP contribution >= 0.6 is 38.9 Å². The predicted octanol–water partition coefficient (Wildman–Crippen LogP) is 3.78. The SMILES string of the molecule is C=C(Br)CNC(=O)c1sc2cc(Cl)ccc2c1N. The van der Waals surface area contributed by atoms with E-state index in [4.69, 9.17) is 17.3 Å². The van der Waals surface area contributed by atoms with E-state index in [1.807, 2.05) is 6.07 Å². The number of nitrogen functional groups attached to an aromatic ring is 1. The first-order chi connectivity index (χ1) is 8.49. The van der Waals surface area contributed by atoms with Crippen LogP contribution < -0.4 is 11.1 Å². The molecular formula is C12H10BrClN2OS. The van der Waals surface area contributed by atoms with Gasteiger partial charge in [0.1, 0.15) is 4.88 Å². The summed E-state index contributed by atoms with van der Waals surface area (Å²) in [7, 11) is 0. The normalized spacial score (nSPS) is 10.6. The number of fused-ring (bicyclic) bond motifs is 1. The van der Waals surface area contributed by atoms with Gasteiger partial charge in [-0.3, -0.25) is 4.79 Å². The first-order valence-corrected chi connectivity index (χ1v) is 7.07. The number of hydrogen-bond acceptors (Lipinski definition) is 3. The van der Waals surface area contributed by atoms with Gasteiger partial charge in [0.25, 0.3) is 5.91 Å². The molecule has 3 nitrogen and oxygen atoms in total. The van der Waals surface area contributed by atoms with Crippen LogP contribution in [-0.2, 0) is 0 Å². The van der Waals surface area contributed by atoms with E-state index in [1.54, 1.807) is 12.1 Å². The summed E-state index contributed by atoms with van der Waals surface area (Å²) in [6.45, 7) is 4.02. The lowest BCUT2D eigenvalue weighted by Gasteiger charge is -2.02. The maximum absolute atomic E-state index is 11.9. The highest BCUT2D eigenvalue weighted by Crippen LogP contribution is 2.35. The Balaban J connectivity index is 2.36. The highest BCUT2D eigenvalue weighted by molar-refractivity contribution is 9.11. The van der Waals surface area contributed by atoms with Gasteiger partial charge in [0.15, 0.2) is 0 Å². The van der Waals surface area contributed by atoms with E-state index < -0.39 is 0 Å². The third-order valence-electron chi connectivity index (χ3n) is 2.34. The summed E-state index contributed by atoms with van der Waals surface area (Å²) in [6.07, 6.45) is 0. The van der Waals surface area contributed by atoms with Gasteiger partial charge >= 0.3 is 0 Å². The summed E-state index contributed by atoms with van der Waals surface area (Å²) >= 11 is 10.4. The van der Waals surface area contributed by atoms with E-state index >= 15 is 0 Å². The van der Waals surface area contributed by atoms with Crippen LogP contribution in [0.4, 0.5) is 5.69 Å². The van der Waals surface area contributed by atoms with Gasteiger partial charge in [0.2, 0.25) is 0 Å². The van der Waals surface area contributed by atoms with Crippen molar-refractivity contribution in [2.75, 3.05) is 12.3 Å². The number of hydrogen-bond donors (Lipinski definition) is 2. The molecule has 1 heterocycles. The lowest BCUT2D eigenvalue weighted by atomic mass is 10.2. The van der Waals surface area contributed by atoms with E-state index in [0.717, 1.165) is 10.1 Å². The van der Waals surface area contributed by atoms with Gasteiger partial charge in [-0.05, 0) is 18.2 Å². The number of nitrogens with two attached hydrogens (primary N) is 1. The fourth-order valence-corrected chi connectivity index (χ4v) is 2.97. The minimum absolute atomic E-state index is 0.203. The van der Waals surface area contributed by atoms with Gasteiger partial charge in [0.05, 0.1) is 5.69 Å². The molecule has 2 aromatic rings. The number of carbonyl (C=O) groups excluding carboxylic acids is 1. The summed E-state index contributed by atoms with van der Waals surface area (Å²) in [5, 5.41) is 4.21. The molecular weight excluding hydrogens is 336 g/mol. The van der Waals surface area contributed by atoms with Crippen LogP contribution in [0.3, 0.4) is 0 Å². The molecule has 0 spiro atoms. The second-order valence-corrected chi connectivity index (χ2v) is 6.30. The predicted molar refractivity (Wildman–Crippen MR) is 81.6 cm³/mol. The Morgan fingerprint density at radius 2 is 2.28 bits per heavy atom. The zero-order chi connectivity index (χ0) is 13.3. The van der Waals surface area contributed by atoms with Crippen LogP contribution in [0, 0.1) is 0 Å². The number of amides is 1. The van der Waals surface area contributed by atoms with Crippen LogP contribution in [-0.4, -0.2) is 12.5 Å². The van der Waals surface area contributed by atoms with Crippen molar-refractivity contribution in [2.45, 2.75) is 0 Å². The molecule has 1 aromatic carbocycles. The number of rotatable bonds is 3. The smallest absolute Gasteiger partial charge is 0.263 e. The summed E-state index contributed by atoms with van der Waals surface area (Å²) < 4.78 is 1.61. The lowest BCUT2D eigenvalue weighted by molar-refractivity contribution is 0.0962. The van der Waals surface area contributed by atoms with Gasteiger partial charge < -0.3 is 11.1 Å². The van der Waals surface area contributed by atoms with Gasteiger partial charge in [-0.15, -0.1) is 11.3 Å². The van der Waals surface area contributed by atoms with Gasteiger partial charge in [-0.2, -0.15) is 0 Å². The van der Waals surface area contributed by atoms with E-state index in [0.29, 0.717) is 26.6 Å². The molecule has 94 valence electrons. The number of carbonyl (C=O) groups is 1. The van der Waals surface area contributed by atoms with Gasteiger partial charge in [-0.25, -0.2) is 0 Å². The van der Waals surface area contributed by atoms with E-state index in [9.17, 15) is 4.79 Å². The van der Waals surface area contributed by atoms with Crippen LogP contribution in [0.2, 0.25) is 5.02 Å². The minimum Gasteiger partial charge on any atom is -0.397 e. The Morgan fingerprint density at radius 3 is 2.94 bits per heavy atom. The first-order valence-electron chi connectivity index (χ1n) is 5.08. The number of thiophene rings is 1. The molecule has 3 N–H and O–H groups in total. The molecule has 1 amide bonds. The van der Waals surface area contributed by atoms with Crippen molar-refractivity contribution >= 4 is 60.5 Å². The van der Waals surface area contributed by atoms with Crippen molar-refractivity contribution in [3.05, 3.63) is 39.2 Å². The second-order valence-electron chi connectivity index (χ2n) is 3.69. The Morgan fingerprint density at radius 1 is 1.56 bits per heavy atom. The number of halogens is 2. The Hall–Kier alpha value is -1.04. The Kier molecular flexibility index (Phi) is 3.94. The second kappa shape index (κ2) is 5.30. The average molecular weight is 346 g/mol. The molecule has 0 atom stereocenters. The number of nitrogens with one attached hydrogen (secondary N) is 1. The molecule has 0 aliphatic rings. The molecule has 0 saturated heterocycles. The van der Waals surface area contributed by atoms with Gasteiger partial charge in [0, 0.05) is 26.1 Å². The summed E-state index contributed by atoms with van der Waals surface area (Å²) in [6, 6.07) is 5.39. The standard InChI is InChI=1S/C12H10BrClN2OS/c1-6(13)5-16-12(17)11-10(15)8-3-2-7(14)4-9(8)18-11/h2-4H,1,5,15H2,(H,16,17). The summed E-state index contributed by atoms with van der Waals surface area (Å²) in [5.74, 6) is -0.203. The molecule has 0 aliphatic heterocycles. The van der Waals surface area contributed by atoms with Crippen molar-refractivity contribution in [3.63, 3.8) is 0 Å². The third-order valence-corrected chi connectivity index (χ3v) is 4.02.